The number of esters is 1. The van der Waals surface area contributed by atoms with Gasteiger partial charge in [0.25, 0.3) is 0 Å². The molecular weight excluding hydrogens is 186 g/mol. The van der Waals surface area contributed by atoms with Crippen LogP contribution in [0.3, 0.4) is 0 Å². The summed E-state index contributed by atoms with van der Waals surface area (Å²) in [5.74, 6) is -0.934. The zero-order chi connectivity index (χ0) is 8.85. The fourth-order valence-electron chi connectivity index (χ4n) is 0.369. The first kappa shape index (κ1) is 10.6. The Balaban J connectivity index is 3.77. The number of methoxy groups -OCH3 is 1. The molecule has 0 aromatic carbocycles. The summed E-state index contributed by atoms with van der Waals surface area (Å²) >= 11 is 7.45. The summed E-state index contributed by atoms with van der Waals surface area (Å²) in [6.07, 6.45) is 0. The van der Waals surface area contributed by atoms with Gasteiger partial charge in [-0.1, -0.05) is 0 Å². The van der Waals surface area contributed by atoms with E-state index in [-0.39, 0.29) is 11.7 Å². The van der Waals surface area contributed by atoms with Gasteiger partial charge in [-0.2, -0.15) is 12.6 Å². The second-order valence-corrected chi connectivity index (χ2v) is 2.48. The molecule has 0 saturated carbocycles. The van der Waals surface area contributed by atoms with E-state index in [0.717, 1.165) is 0 Å². The number of rotatable bonds is 3. The van der Waals surface area contributed by atoms with Gasteiger partial charge in [0.05, 0.1) is 12.9 Å². The molecule has 6 heteroatoms. The third-order valence-corrected chi connectivity index (χ3v) is 1.49. The molecule has 1 atom stereocenters. The first-order valence-corrected chi connectivity index (χ1v) is 3.92. The summed E-state index contributed by atoms with van der Waals surface area (Å²) < 4.78 is 4.30. The number of thiol groups is 2. The lowest BCUT2D eigenvalue weighted by Crippen LogP contribution is -2.38. The molecule has 0 aliphatic heterocycles. The van der Waals surface area contributed by atoms with Crippen LogP contribution in [0.1, 0.15) is 0 Å². The van der Waals surface area contributed by atoms with E-state index in [4.69, 9.17) is 0 Å². The van der Waals surface area contributed by atoms with Crippen LogP contribution in [-0.2, 0) is 14.3 Å². The number of nitrogens with one attached hydrogen (secondary N) is 1. The van der Waals surface area contributed by atoms with Crippen molar-refractivity contribution >= 4 is 37.1 Å². The van der Waals surface area contributed by atoms with E-state index in [1.807, 2.05) is 0 Å². The van der Waals surface area contributed by atoms with Crippen LogP contribution in [0.5, 0.6) is 0 Å². The van der Waals surface area contributed by atoms with Crippen LogP contribution in [0.2, 0.25) is 0 Å². The number of carbonyl (C=O) groups excluding carboxylic acids is 2. The van der Waals surface area contributed by atoms with Gasteiger partial charge in [-0.25, -0.2) is 4.79 Å². The molecule has 0 spiro atoms. The summed E-state index contributed by atoms with van der Waals surface area (Å²) in [5, 5.41) is 1.35. The van der Waals surface area contributed by atoms with Crippen molar-refractivity contribution in [1.82, 2.24) is 5.32 Å². The van der Waals surface area contributed by atoms with Gasteiger partial charge in [-0.3, -0.25) is 4.79 Å². The quantitative estimate of drug-likeness (QED) is 0.322. The van der Waals surface area contributed by atoms with Gasteiger partial charge in [-0.05, 0) is 0 Å². The molecule has 0 radical (unpaired) electrons. The van der Waals surface area contributed by atoms with Crippen molar-refractivity contribution in [2.24, 2.45) is 0 Å². The lowest BCUT2D eigenvalue weighted by molar-refractivity contribution is -0.142. The minimum absolute atomic E-state index is 0.0219. The number of amides is 1. The molecule has 11 heavy (non-hydrogen) atoms. The molecule has 0 aromatic rings. The topological polar surface area (TPSA) is 55.4 Å². The summed E-state index contributed by atoms with van der Waals surface area (Å²) in [7, 11) is 1.22. The molecular formula is C5H9NO3S2. The van der Waals surface area contributed by atoms with Crippen LogP contribution in [0, 0.1) is 0 Å². The first-order chi connectivity index (χ1) is 5.11. The van der Waals surface area contributed by atoms with Crippen molar-refractivity contribution < 1.29 is 14.3 Å². The van der Waals surface area contributed by atoms with Crippen molar-refractivity contribution in [3.05, 3.63) is 0 Å². The molecule has 64 valence electrons. The number of hydrogen-bond donors (Lipinski definition) is 3. The van der Waals surface area contributed by atoms with E-state index in [0.29, 0.717) is 0 Å². The molecule has 0 rings (SSSR count). The number of ether oxygens (including phenoxy) is 1. The average Bonchev–Trinajstić information content (AvgIpc) is 2.02. The largest absolute Gasteiger partial charge is 0.467 e. The maximum absolute atomic E-state index is 10.6. The van der Waals surface area contributed by atoms with E-state index < -0.39 is 11.3 Å². The Labute approximate surface area is 75.5 Å². The zero-order valence-electron chi connectivity index (χ0n) is 5.90. The van der Waals surface area contributed by atoms with Crippen molar-refractivity contribution in [3.63, 3.8) is 0 Å². The Bertz CT molecular complexity index is 162. The smallest absolute Gasteiger partial charge is 0.338 e. The van der Waals surface area contributed by atoms with Crippen LogP contribution >= 0.6 is 25.3 Å². The predicted molar refractivity (Wildman–Crippen MR) is 46.8 cm³/mol. The van der Waals surface area contributed by atoms with E-state index in [9.17, 15) is 9.59 Å². The van der Waals surface area contributed by atoms with Gasteiger partial charge >= 0.3 is 5.97 Å². The molecule has 1 unspecified atom stereocenters. The third kappa shape index (κ3) is 4.15. The van der Waals surface area contributed by atoms with Gasteiger partial charge < -0.3 is 10.1 Å². The molecule has 0 fully saturated rings. The first-order valence-electron chi connectivity index (χ1n) is 2.78. The Hall–Kier alpha value is -0.360. The molecule has 0 saturated heterocycles. The molecule has 1 amide bonds. The zero-order valence-corrected chi connectivity index (χ0v) is 7.69. The average molecular weight is 195 g/mol. The number of carbonyl (C=O) groups is 2. The molecule has 0 aliphatic rings. The summed E-state index contributed by atoms with van der Waals surface area (Å²) in [6, 6.07) is 0. The highest BCUT2D eigenvalue weighted by Gasteiger charge is 2.15. The Morgan fingerprint density at radius 2 is 2.18 bits per heavy atom. The van der Waals surface area contributed by atoms with E-state index >= 15 is 0 Å². The minimum Gasteiger partial charge on any atom is -0.467 e. The van der Waals surface area contributed by atoms with Crippen LogP contribution in [0.4, 0.5) is 0 Å². The fraction of sp³-hybridized carbons (Fsp3) is 0.600. The Morgan fingerprint density at radius 3 is 2.55 bits per heavy atom. The fourth-order valence-corrected chi connectivity index (χ4v) is 0.709. The Morgan fingerprint density at radius 1 is 1.64 bits per heavy atom. The van der Waals surface area contributed by atoms with Gasteiger partial charge in [0, 0.05) is 0 Å². The second kappa shape index (κ2) is 5.31. The molecule has 0 aliphatic carbocycles. The molecule has 0 bridgehead atoms. The van der Waals surface area contributed by atoms with Gasteiger partial charge in [0.1, 0.15) is 0 Å². The van der Waals surface area contributed by atoms with E-state index in [1.165, 1.54) is 7.11 Å². The highest BCUT2D eigenvalue weighted by Crippen LogP contribution is 1.92. The highest BCUT2D eigenvalue weighted by molar-refractivity contribution is 7.82. The summed E-state index contributed by atoms with van der Waals surface area (Å²) in [5.41, 5.74) is 0. The van der Waals surface area contributed by atoms with Crippen LogP contribution in [-0.4, -0.2) is 30.1 Å². The molecule has 1 N–H and O–H groups in total. The highest BCUT2D eigenvalue weighted by atomic mass is 32.1. The lowest BCUT2D eigenvalue weighted by Gasteiger charge is -2.08. The van der Waals surface area contributed by atoms with Crippen LogP contribution < -0.4 is 5.32 Å². The molecule has 0 heterocycles. The normalized spacial score (nSPS) is 11.9. The van der Waals surface area contributed by atoms with Crippen molar-refractivity contribution in [2.75, 3.05) is 12.9 Å². The van der Waals surface area contributed by atoms with E-state index in [1.54, 1.807) is 0 Å². The number of hydrogen-bond acceptors (Lipinski definition) is 5. The predicted octanol–water partition coefficient (Wildman–Crippen LogP) is -0.539. The lowest BCUT2D eigenvalue weighted by atomic mass is 10.6. The third-order valence-electron chi connectivity index (χ3n) is 0.866. The van der Waals surface area contributed by atoms with Gasteiger partial charge in [-0.15, -0.1) is 12.6 Å². The Kier molecular flexibility index (Phi) is 5.14. The maximum atomic E-state index is 10.6. The second-order valence-electron chi connectivity index (χ2n) is 1.65. The summed E-state index contributed by atoms with van der Waals surface area (Å²) in [6.45, 7) is 0. The van der Waals surface area contributed by atoms with Crippen molar-refractivity contribution in [2.45, 2.75) is 5.37 Å². The van der Waals surface area contributed by atoms with Crippen LogP contribution in [0.15, 0.2) is 0 Å². The van der Waals surface area contributed by atoms with Gasteiger partial charge in [0.15, 0.2) is 5.37 Å². The standard InChI is InChI=1S/C5H9NO3S2/c1-9-5(8)4(11)6-3(7)2-10/h4,10-11H,2H2,1H3,(H,6,7). The minimum atomic E-state index is -0.903. The van der Waals surface area contributed by atoms with Crippen molar-refractivity contribution in [3.8, 4) is 0 Å². The van der Waals surface area contributed by atoms with Crippen molar-refractivity contribution in [1.29, 1.82) is 0 Å². The molecule has 4 nitrogen and oxygen atoms in total. The van der Waals surface area contributed by atoms with Gasteiger partial charge in [0.2, 0.25) is 5.91 Å². The SMILES string of the molecule is COC(=O)C(S)NC(=O)CS. The van der Waals surface area contributed by atoms with Crippen LogP contribution in [0.25, 0.3) is 0 Å². The monoisotopic (exact) mass is 195 g/mol. The summed E-state index contributed by atoms with van der Waals surface area (Å²) in [4.78, 5) is 21.2. The molecule has 0 aromatic heterocycles. The maximum Gasteiger partial charge on any atom is 0.338 e. The van der Waals surface area contributed by atoms with E-state index in [2.05, 4.69) is 35.3 Å².